The van der Waals surface area contributed by atoms with Gasteiger partial charge in [0.25, 0.3) is 0 Å². The minimum absolute atomic E-state index is 0.163. The number of hydrogen-bond acceptors (Lipinski definition) is 5. The molecule has 0 spiro atoms. The number of anilines is 1. The van der Waals surface area contributed by atoms with Crippen LogP contribution in [0.25, 0.3) is 0 Å². The van der Waals surface area contributed by atoms with Crippen molar-refractivity contribution < 1.29 is 14.3 Å². The van der Waals surface area contributed by atoms with Gasteiger partial charge in [0.05, 0.1) is 31.3 Å². The van der Waals surface area contributed by atoms with E-state index in [0.29, 0.717) is 17.1 Å². The van der Waals surface area contributed by atoms with Gasteiger partial charge >= 0.3 is 0 Å². The summed E-state index contributed by atoms with van der Waals surface area (Å²) >= 11 is 1.67. The fourth-order valence-corrected chi connectivity index (χ4v) is 5.73. The molecule has 0 amide bonds. The van der Waals surface area contributed by atoms with Crippen LogP contribution in [0.4, 0.5) is 5.69 Å². The minimum Gasteiger partial charge on any atom is -0.497 e. The molecule has 1 fully saturated rings. The van der Waals surface area contributed by atoms with Crippen LogP contribution in [-0.2, 0) is 6.42 Å². The van der Waals surface area contributed by atoms with Crippen LogP contribution < -0.4 is 14.8 Å². The van der Waals surface area contributed by atoms with Crippen LogP contribution in [0.3, 0.4) is 0 Å². The first kappa shape index (κ1) is 17.4. The van der Waals surface area contributed by atoms with E-state index in [1.54, 1.807) is 25.6 Å². The Morgan fingerprint density at radius 3 is 2.77 bits per heavy atom. The molecule has 0 unspecified atom stereocenters. The maximum atomic E-state index is 12.9. The van der Waals surface area contributed by atoms with E-state index in [4.69, 9.17) is 9.47 Å². The topological polar surface area (TPSA) is 47.6 Å². The number of ketones is 1. The SMILES string of the molecule is COc1ccc(NCC(=O)c2sc(C)c3c2C[C@@H]2[C@H]3C2(C)C)c(OC)c1. The van der Waals surface area contributed by atoms with Crippen LogP contribution in [0.15, 0.2) is 18.2 Å². The van der Waals surface area contributed by atoms with Gasteiger partial charge in [-0.15, -0.1) is 11.3 Å². The highest BCUT2D eigenvalue weighted by atomic mass is 32.1. The van der Waals surface area contributed by atoms with Crippen LogP contribution in [0.5, 0.6) is 11.5 Å². The molecular formula is C21H25NO3S. The smallest absolute Gasteiger partial charge is 0.192 e. The number of benzene rings is 1. The summed E-state index contributed by atoms with van der Waals surface area (Å²) in [5.41, 5.74) is 4.00. The average molecular weight is 372 g/mol. The van der Waals surface area contributed by atoms with E-state index in [9.17, 15) is 4.79 Å². The molecule has 4 rings (SSSR count). The van der Waals surface area contributed by atoms with Crippen molar-refractivity contribution in [3.63, 3.8) is 0 Å². The minimum atomic E-state index is 0.163. The molecule has 1 N–H and O–H groups in total. The average Bonchev–Trinajstić information content (AvgIpc) is 2.98. The highest BCUT2D eigenvalue weighted by Crippen LogP contribution is 2.71. The first-order valence-electron chi connectivity index (χ1n) is 8.99. The molecule has 1 saturated carbocycles. The lowest BCUT2D eigenvalue weighted by Crippen LogP contribution is -2.15. The second-order valence-electron chi connectivity index (χ2n) is 7.83. The van der Waals surface area contributed by atoms with Crippen molar-refractivity contribution in [1.29, 1.82) is 0 Å². The number of thiophene rings is 1. The third kappa shape index (κ3) is 2.52. The predicted octanol–water partition coefficient (Wildman–Crippen LogP) is 4.66. The van der Waals surface area contributed by atoms with Gasteiger partial charge in [-0.2, -0.15) is 0 Å². The van der Waals surface area contributed by atoms with E-state index < -0.39 is 0 Å². The van der Waals surface area contributed by atoms with Crippen LogP contribution in [-0.4, -0.2) is 26.5 Å². The Morgan fingerprint density at radius 1 is 1.31 bits per heavy atom. The second-order valence-corrected chi connectivity index (χ2v) is 9.06. The first-order valence-corrected chi connectivity index (χ1v) is 9.81. The van der Waals surface area contributed by atoms with E-state index in [1.807, 2.05) is 18.2 Å². The molecule has 0 aliphatic heterocycles. The Morgan fingerprint density at radius 2 is 2.08 bits per heavy atom. The molecule has 26 heavy (non-hydrogen) atoms. The summed E-state index contributed by atoms with van der Waals surface area (Å²) in [6.45, 7) is 7.13. The van der Waals surface area contributed by atoms with Crippen LogP contribution in [0, 0.1) is 18.3 Å². The standard InChI is InChI=1S/C21H25NO3S/c1-11-18-13(9-14-19(18)21(14,2)3)20(26-11)16(23)10-22-15-7-6-12(24-4)8-17(15)25-5/h6-8,14,19,22H,9-10H2,1-5H3/t14-,19-/m1/s1. The van der Waals surface area contributed by atoms with Crippen molar-refractivity contribution in [2.24, 2.45) is 11.3 Å². The predicted molar refractivity (Wildman–Crippen MR) is 105 cm³/mol. The van der Waals surface area contributed by atoms with Gasteiger partial charge in [-0.3, -0.25) is 4.79 Å². The maximum absolute atomic E-state index is 12.9. The molecule has 4 nitrogen and oxygen atoms in total. The summed E-state index contributed by atoms with van der Waals surface area (Å²) in [5.74, 6) is 2.95. The van der Waals surface area contributed by atoms with Crippen LogP contribution in [0.1, 0.15) is 45.4 Å². The van der Waals surface area contributed by atoms with Gasteiger partial charge in [0, 0.05) is 10.9 Å². The van der Waals surface area contributed by atoms with Crippen molar-refractivity contribution in [3.8, 4) is 11.5 Å². The van der Waals surface area contributed by atoms with Gasteiger partial charge in [0.15, 0.2) is 5.78 Å². The Kier molecular flexibility index (Phi) is 4.03. The summed E-state index contributed by atoms with van der Waals surface area (Å²) in [6, 6.07) is 5.56. The molecule has 0 saturated heterocycles. The number of carbonyl (C=O) groups is 1. The third-order valence-electron chi connectivity index (χ3n) is 6.12. The number of carbonyl (C=O) groups excluding carboxylic acids is 1. The van der Waals surface area contributed by atoms with E-state index in [1.165, 1.54) is 16.0 Å². The number of methoxy groups -OCH3 is 2. The molecule has 2 aromatic rings. The number of fused-ring (bicyclic) bond motifs is 3. The number of hydrogen-bond donors (Lipinski definition) is 1. The molecule has 2 aliphatic carbocycles. The number of nitrogens with one attached hydrogen (secondary N) is 1. The maximum Gasteiger partial charge on any atom is 0.192 e. The van der Waals surface area contributed by atoms with Gasteiger partial charge in [0.2, 0.25) is 0 Å². The van der Waals surface area contributed by atoms with Gasteiger partial charge < -0.3 is 14.8 Å². The lowest BCUT2D eigenvalue weighted by Gasteiger charge is -2.13. The number of ether oxygens (including phenoxy) is 2. The molecular weight excluding hydrogens is 346 g/mol. The van der Waals surface area contributed by atoms with Crippen molar-refractivity contribution in [3.05, 3.63) is 39.1 Å². The largest absolute Gasteiger partial charge is 0.497 e. The van der Waals surface area contributed by atoms with Gasteiger partial charge in [-0.25, -0.2) is 0 Å². The monoisotopic (exact) mass is 371 g/mol. The van der Waals surface area contributed by atoms with E-state index in [-0.39, 0.29) is 12.3 Å². The van der Waals surface area contributed by atoms with E-state index in [0.717, 1.165) is 28.7 Å². The lowest BCUT2D eigenvalue weighted by molar-refractivity contribution is 0.101. The molecule has 2 atom stereocenters. The molecule has 0 bridgehead atoms. The third-order valence-corrected chi connectivity index (χ3v) is 7.32. The molecule has 5 heteroatoms. The lowest BCUT2D eigenvalue weighted by atomic mass is 9.94. The summed E-state index contributed by atoms with van der Waals surface area (Å²) in [5, 5.41) is 3.23. The number of Topliss-reactive ketones (excluding diaryl/α,β-unsaturated/α-hetero) is 1. The molecule has 138 valence electrons. The van der Waals surface area contributed by atoms with Crippen molar-refractivity contribution in [1.82, 2.24) is 0 Å². The zero-order valence-electron chi connectivity index (χ0n) is 15.9. The Hall–Kier alpha value is -2.01. The second kappa shape index (κ2) is 6.02. The molecule has 1 heterocycles. The first-order chi connectivity index (χ1) is 12.4. The molecule has 0 radical (unpaired) electrons. The zero-order valence-corrected chi connectivity index (χ0v) is 16.8. The van der Waals surface area contributed by atoms with Gasteiger partial charge in [-0.05, 0) is 53.9 Å². The summed E-state index contributed by atoms with van der Waals surface area (Å²) in [4.78, 5) is 15.1. The molecule has 2 aliphatic rings. The van der Waals surface area contributed by atoms with Crippen LogP contribution >= 0.6 is 11.3 Å². The highest BCUT2D eigenvalue weighted by molar-refractivity contribution is 7.14. The summed E-state index contributed by atoms with van der Waals surface area (Å²) < 4.78 is 10.6. The van der Waals surface area contributed by atoms with Gasteiger partial charge in [-0.1, -0.05) is 13.8 Å². The van der Waals surface area contributed by atoms with Crippen molar-refractivity contribution >= 4 is 22.8 Å². The number of rotatable bonds is 6. The summed E-state index contributed by atoms with van der Waals surface area (Å²) in [7, 11) is 3.24. The van der Waals surface area contributed by atoms with Crippen LogP contribution in [0.2, 0.25) is 0 Å². The van der Waals surface area contributed by atoms with E-state index >= 15 is 0 Å². The number of aryl methyl sites for hydroxylation is 1. The molecule has 1 aromatic carbocycles. The highest BCUT2D eigenvalue weighted by Gasteiger charge is 2.63. The van der Waals surface area contributed by atoms with Crippen molar-refractivity contribution in [2.45, 2.75) is 33.1 Å². The fraction of sp³-hybridized carbons (Fsp3) is 0.476. The fourth-order valence-electron chi connectivity index (χ4n) is 4.56. The van der Waals surface area contributed by atoms with E-state index in [2.05, 4.69) is 26.1 Å². The Bertz CT molecular complexity index is 884. The van der Waals surface area contributed by atoms with Crippen molar-refractivity contribution in [2.75, 3.05) is 26.1 Å². The van der Waals surface area contributed by atoms with Gasteiger partial charge in [0.1, 0.15) is 11.5 Å². The summed E-state index contributed by atoms with van der Waals surface area (Å²) in [6.07, 6.45) is 1.06. The quantitative estimate of drug-likeness (QED) is 0.750. The Balaban J connectivity index is 1.51. The zero-order chi connectivity index (χ0) is 18.6. The normalized spacial score (nSPS) is 21.7. The Labute approximate surface area is 158 Å². The molecule has 1 aromatic heterocycles.